The van der Waals surface area contributed by atoms with Crippen molar-refractivity contribution in [1.29, 1.82) is 0 Å². The summed E-state index contributed by atoms with van der Waals surface area (Å²) in [7, 11) is 2.34. The highest BCUT2D eigenvalue weighted by atomic mass is 16.5. The van der Waals surface area contributed by atoms with Gasteiger partial charge in [0.25, 0.3) is 0 Å². The van der Waals surface area contributed by atoms with Crippen LogP contribution in [-0.4, -0.2) is 48.9 Å². The molecule has 6 rings (SSSR count). The Morgan fingerprint density at radius 3 is 2.34 bits per heavy atom. The van der Waals surface area contributed by atoms with E-state index in [9.17, 15) is 24.3 Å². The molecule has 0 saturated carbocycles. The Kier molecular flexibility index (Phi) is 5.13. The van der Waals surface area contributed by atoms with Gasteiger partial charge in [0.05, 0.1) is 20.5 Å². The van der Waals surface area contributed by atoms with Crippen molar-refractivity contribution in [3.05, 3.63) is 83.3 Å². The topological polar surface area (TPSA) is 129 Å². The molecule has 4 aromatic rings. The molecular weight excluding hydrogens is 492 g/mol. The van der Waals surface area contributed by atoms with Gasteiger partial charge < -0.3 is 23.7 Å². The highest BCUT2D eigenvalue weighted by molar-refractivity contribution is 6.26. The van der Waals surface area contributed by atoms with Crippen LogP contribution >= 0.6 is 0 Å². The van der Waals surface area contributed by atoms with Gasteiger partial charge in [0.1, 0.15) is 22.7 Å². The number of hydrogen-bond acceptors (Lipinski definition) is 9. The Bertz CT molecular complexity index is 1740. The predicted molar refractivity (Wildman–Crippen MR) is 134 cm³/mol. The molecule has 1 aliphatic carbocycles. The molecule has 2 unspecified atom stereocenters. The smallest absolute Gasteiger partial charge is 0.342 e. The average molecular weight is 512 g/mol. The normalized spacial score (nSPS) is 20.4. The van der Waals surface area contributed by atoms with E-state index in [0.717, 1.165) is 7.11 Å². The van der Waals surface area contributed by atoms with E-state index in [4.69, 9.17) is 18.6 Å². The summed E-state index contributed by atoms with van der Waals surface area (Å²) >= 11 is 0. The van der Waals surface area contributed by atoms with Crippen molar-refractivity contribution >= 4 is 50.8 Å². The summed E-state index contributed by atoms with van der Waals surface area (Å²) in [5, 5.41) is 12.1. The van der Waals surface area contributed by atoms with Gasteiger partial charge in [0.2, 0.25) is 5.78 Å². The number of carbonyl (C=O) groups excluding carboxylic acids is 4. The maximum atomic E-state index is 13.8. The minimum Gasteiger partial charge on any atom is -0.506 e. The standard InChI is InChI=1S/C29H20O9/c1-35-27(33)21-19-11-20(38-24(19)17-9-5-3-7-15(17)22(21)30)14-12-29(28(34)36-2)25(32)18-10-6-4-8-16(18)23(31)26(29)37-13-14/h3-11,13,26,30H,12H2,1-2H3. The molecule has 3 aromatic carbocycles. The van der Waals surface area contributed by atoms with E-state index in [1.54, 1.807) is 36.4 Å². The Morgan fingerprint density at radius 1 is 0.947 bits per heavy atom. The average Bonchev–Trinajstić information content (AvgIpc) is 3.40. The largest absolute Gasteiger partial charge is 0.506 e. The summed E-state index contributed by atoms with van der Waals surface area (Å²) in [5.41, 5.74) is -1.20. The number of benzene rings is 3. The van der Waals surface area contributed by atoms with E-state index in [2.05, 4.69) is 0 Å². The molecule has 38 heavy (non-hydrogen) atoms. The van der Waals surface area contributed by atoms with Crippen LogP contribution < -0.4 is 0 Å². The van der Waals surface area contributed by atoms with Crippen LogP contribution in [0.1, 0.15) is 43.3 Å². The number of phenols is 1. The summed E-state index contributed by atoms with van der Waals surface area (Å²) in [6.07, 6.45) is -0.385. The number of Topliss-reactive ketones (excluding diaryl/α,β-unsaturated/α-hetero) is 2. The van der Waals surface area contributed by atoms with Crippen LogP contribution in [-0.2, 0) is 19.0 Å². The van der Waals surface area contributed by atoms with E-state index in [1.807, 2.05) is 0 Å². The molecule has 0 radical (unpaired) electrons. The van der Waals surface area contributed by atoms with Gasteiger partial charge in [-0.05, 0) is 6.07 Å². The molecule has 2 atom stereocenters. The van der Waals surface area contributed by atoms with E-state index in [-0.39, 0.29) is 40.0 Å². The number of rotatable bonds is 3. The van der Waals surface area contributed by atoms with Crippen LogP contribution in [0.25, 0.3) is 27.3 Å². The van der Waals surface area contributed by atoms with Crippen molar-refractivity contribution in [2.75, 3.05) is 14.2 Å². The van der Waals surface area contributed by atoms with Gasteiger partial charge in [0.15, 0.2) is 17.3 Å². The van der Waals surface area contributed by atoms with Crippen LogP contribution in [0.3, 0.4) is 0 Å². The Labute approximate surface area is 215 Å². The Hall–Kier alpha value is -4.92. The lowest BCUT2D eigenvalue weighted by Crippen LogP contribution is -2.58. The van der Waals surface area contributed by atoms with Crippen molar-refractivity contribution in [2.24, 2.45) is 5.41 Å². The summed E-state index contributed by atoms with van der Waals surface area (Å²) < 4.78 is 21.9. The third-order valence-electron chi connectivity index (χ3n) is 7.26. The van der Waals surface area contributed by atoms with E-state index < -0.39 is 35.0 Å². The van der Waals surface area contributed by atoms with E-state index in [0.29, 0.717) is 21.9 Å². The van der Waals surface area contributed by atoms with Crippen molar-refractivity contribution in [2.45, 2.75) is 12.5 Å². The molecule has 0 saturated heterocycles. The maximum absolute atomic E-state index is 13.8. The fourth-order valence-electron chi connectivity index (χ4n) is 5.46. The first-order valence-electron chi connectivity index (χ1n) is 11.7. The zero-order valence-corrected chi connectivity index (χ0v) is 20.3. The van der Waals surface area contributed by atoms with Crippen LogP contribution in [0.5, 0.6) is 5.75 Å². The molecule has 1 N–H and O–H groups in total. The molecular formula is C29H20O9. The second-order valence-electron chi connectivity index (χ2n) is 9.15. The zero-order chi connectivity index (χ0) is 26.8. The summed E-state index contributed by atoms with van der Waals surface area (Å²) in [6.45, 7) is 0. The quantitative estimate of drug-likeness (QED) is 0.313. The predicted octanol–water partition coefficient (Wildman–Crippen LogP) is 4.45. The highest BCUT2D eigenvalue weighted by Crippen LogP contribution is 2.49. The third kappa shape index (κ3) is 2.98. The van der Waals surface area contributed by atoms with Gasteiger partial charge in [0, 0.05) is 39.3 Å². The Morgan fingerprint density at radius 2 is 1.63 bits per heavy atom. The first-order chi connectivity index (χ1) is 18.3. The molecule has 9 heteroatoms. The van der Waals surface area contributed by atoms with Crippen molar-refractivity contribution < 1.29 is 42.9 Å². The number of phenolic OH excluding ortho intramolecular Hbond substituents is 1. The van der Waals surface area contributed by atoms with Gasteiger partial charge >= 0.3 is 11.9 Å². The number of esters is 2. The lowest BCUT2D eigenvalue weighted by atomic mass is 9.63. The number of hydrogen-bond donors (Lipinski definition) is 1. The summed E-state index contributed by atoms with van der Waals surface area (Å²) in [6, 6.07) is 14.6. The van der Waals surface area contributed by atoms with Gasteiger partial charge in [-0.1, -0.05) is 48.5 Å². The summed E-state index contributed by atoms with van der Waals surface area (Å²) in [4.78, 5) is 53.0. The minimum atomic E-state index is -1.97. The van der Waals surface area contributed by atoms with Crippen molar-refractivity contribution in [3.8, 4) is 5.75 Å². The number of aromatic hydroxyl groups is 1. The molecule has 0 amide bonds. The minimum absolute atomic E-state index is 0.0908. The van der Waals surface area contributed by atoms with Gasteiger partial charge in [-0.25, -0.2) is 4.79 Å². The molecule has 9 nitrogen and oxygen atoms in total. The number of fused-ring (bicyclic) bond motifs is 5. The number of allylic oxidation sites excluding steroid dienone is 1. The monoisotopic (exact) mass is 512 g/mol. The highest BCUT2D eigenvalue weighted by Gasteiger charge is 2.63. The van der Waals surface area contributed by atoms with E-state index >= 15 is 0 Å². The number of furan rings is 1. The third-order valence-corrected chi connectivity index (χ3v) is 7.26. The molecule has 2 heterocycles. The van der Waals surface area contributed by atoms with Crippen molar-refractivity contribution in [1.82, 2.24) is 0 Å². The van der Waals surface area contributed by atoms with Gasteiger partial charge in [-0.2, -0.15) is 0 Å². The molecule has 0 fully saturated rings. The Balaban J connectivity index is 1.56. The van der Waals surface area contributed by atoms with Gasteiger partial charge in [-0.3, -0.25) is 14.4 Å². The molecule has 0 bridgehead atoms. The number of ketones is 2. The molecule has 2 aliphatic rings. The first kappa shape index (κ1) is 23.5. The number of methoxy groups -OCH3 is 2. The number of carbonyl (C=O) groups is 4. The second-order valence-corrected chi connectivity index (χ2v) is 9.15. The number of ether oxygens (including phenoxy) is 3. The van der Waals surface area contributed by atoms with Crippen LogP contribution in [0.2, 0.25) is 0 Å². The maximum Gasteiger partial charge on any atom is 0.342 e. The van der Waals surface area contributed by atoms with Crippen LogP contribution in [0.4, 0.5) is 0 Å². The molecule has 1 aromatic heterocycles. The second kappa shape index (κ2) is 8.31. The SMILES string of the molecule is COC(=O)c1c(O)c2ccccc2c2oc(C3=COC4C(=O)c5ccccc5C(=O)C4(C(=O)OC)C3)cc12. The molecule has 1 aliphatic heterocycles. The fraction of sp³-hybridized carbons (Fsp3) is 0.172. The van der Waals surface area contributed by atoms with Crippen LogP contribution in [0.15, 0.2) is 65.3 Å². The first-order valence-corrected chi connectivity index (χ1v) is 11.7. The van der Waals surface area contributed by atoms with Crippen LogP contribution in [0, 0.1) is 5.41 Å². The van der Waals surface area contributed by atoms with Gasteiger partial charge in [-0.15, -0.1) is 0 Å². The van der Waals surface area contributed by atoms with E-state index in [1.165, 1.54) is 31.6 Å². The molecule has 0 spiro atoms. The van der Waals surface area contributed by atoms with Crippen molar-refractivity contribution in [3.63, 3.8) is 0 Å². The zero-order valence-electron chi connectivity index (χ0n) is 20.3. The fourth-order valence-corrected chi connectivity index (χ4v) is 5.46. The summed E-state index contributed by atoms with van der Waals surface area (Å²) in [5.74, 6) is -2.86. The lowest BCUT2D eigenvalue weighted by molar-refractivity contribution is -0.155. The lowest BCUT2D eigenvalue weighted by Gasteiger charge is -2.41. The molecule has 190 valence electrons.